The number of amides is 3. The number of carbonyl (C=O) groups is 3. The van der Waals surface area contributed by atoms with Gasteiger partial charge in [0.2, 0.25) is 15.9 Å². The predicted molar refractivity (Wildman–Crippen MR) is 140 cm³/mol. The van der Waals surface area contributed by atoms with Crippen LogP contribution in [0.5, 0.6) is 0 Å². The largest absolute Gasteiger partial charge is 0.465 e. The van der Waals surface area contributed by atoms with E-state index in [2.05, 4.69) is 10.3 Å². The molecule has 3 amide bonds. The molecule has 0 saturated heterocycles. The van der Waals surface area contributed by atoms with Crippen LogP contribution in [0, 0.1) is 17.0 Å². The second-order valence-electron chi connectivity index (χ2n) is 11.1. The maximum absolute atomic E-state index is 15.0. The lowest BCUT2D eigenvalue weighted by Crippen LogP contribution is -2.43. The first-order valence-corrected chi connectivity index (χ1v) is 14.1. The minimum Gasteiger partial charge on any atom is -0.465 e. The van der Waals surface area contributed by atoms with Gasteiger partial charge in [-0.1, -0.05) is 20.8 Å². The number of pyridine rings is 1. The van der Waals surface area contributed by atoms with Gasteiger partial charge in [0.25, 0.3) is 5.91 Å². The number of alkyl halides is 3. The first kappa shape index (κ1) is 31.8. The molecule has 43 heavy (non-hydrogen) atoms. The van der Waals surface area contributed by atoms with Crippen molar-refractivity contribution < 1.29 is 49.9 Å². The molecule has 4 N–H and O–H groups in total. The Hall–Kier alpha value is -4.12. The second kappa shape index (κ2) is 10.9. The molecule has 2 aliphatic rings. The topological polar surface area (TPSA) is 163 Å². The number of carbonyl (C=O) groups excluding carboxylic acids is 2. The zero-order chi connectivity index (χ0) is 32.2. The number of anilines is 1. The normalized spacial score (nSPS) is 17.4. The molecular weight excluding hydrogens is 605 g/mol. The van der Waals surface area contributed by atoms with E-state index in [1.54, 1.807) is 0 Å². The van der Waals surface area contributed by atoms with E-state index in [4.69, 9.17) is 5.14 Å². The fourth-order valence-electron chi connectivity index (χ4n) is 4.77. The molecule has 3 heterocycles. The first-order chi connectivity index (χ1) is 19.7. The van der Waals surface area contributed by atoms with Gasteiger partial charge in [0, 0.05) is 37.7 Å². The van der Waals surface area contributed by atoms with Crippen LogP contribution in [0.2, 0.25) is 0 Å². The Morgan fingerprint density at radius 1 is 1.09 bits per heavy atom. The minimum atomic E-state index is -4.81. The molecule has 2 aromatic rings. The Bertz CT molecular complexity index is 1670. The third kappa shape index (κ3) is 6.31. The maximum atomic E-state index is 15.0. The third-order valence-electron chi connectivity index (χ3n) is 7.07. The van der Waals surface area contributed by atoms with Gasteiger partial charge in [0.05, 0.1) is 28.6 Å². The standard InChI is InChI=1S/C26H26F5N5O6S/c1-25(2,3)23(38)34-17-6-13(26(29,30)31)8-33-16(17)7-18-15-11-35(24(39)40)9-12(15)10-36(18)22(37)14-4-5-19(43(32,41)42)21(28)20(14)27/h4-6,8,18H,7,9-11H2,1-3H3,(H,34,38)(H,39,40)(H2,32,41,42). The van der Waals surface area contributed by atoms with E-state index in [1.807, 2.05) is 0 Å². The molecule has 0 aliphatic carbocycles. The van der Waals surface area contributed by atoms with E-state index < -0.39 is 73.2 Å². The number of nitrogens with two attached hydrogens (primary N) is 1. The number of carboxylic acid groups (broad SMARTS) is 1. The van der Waals surface area contributed by atoms with Crippen molar-refractivity contribution in [2.45, 2.75) is 44.3 Å². The molecule has 1 aromatic carbocycles. The van der Waals surface area contributed by atoms with Gasteiger partial charge < -0.3 is 20.2 Å². The average molecular weight is 632 g/mol. The summed E-state index contributed by atoms with van der Waals surface area (Å²) >= 11 is 0. The van der Waals surface area contributed by atoms with Crippen molar-refractivity contribution in [2.24, 2.45) is 10.6 Å². The van der Waals surface area contributed by atoms with Crippen molar-refractivity contribution in [1.82, 2.24) is 14.8 Å². The molecule has 0 fully saturated rings. The summed E-state index contributed by atoms with van der Waals surface area (Å²) in [5, 5.41) is 16.8. The fourth-order valence-corrected chi connectivity index (χ4v) is 5.36. The molecule has 4 rings (SSSR count). The van der Waals surface area contributed by atoms with Crippen LogP contribution in [-0.2, 0) is 27.4 Å². The zero-order valence-corrected chi connectivity index (χ0v) is 23.7. The lowest BCUT2D eigenvalue weighted by molar-refractivity contribution is -0.137. The van der Waals surface area contributed by atoms with Gasteiger partial charge in [-0.15, -0.1) is 0 Å². The van der Waals surface area contributed by atoms with Gasteiger partial charge in [-0.25, -0.2) is 27.1 Å². The fraction of sp³-hybridized carbons (Fsp3) is 0.385. The Balaban J connectivity index is 1.78. The Morgan fingerprint density at radius 3 is 2.30 bits per heavy atom. The van der Waals surface area contributed by atoms with E-state index in [0.29, 0.717) is 29.5 Å². The summed E-state index contributed by atoms with van der Waals surface area (Å²) < 4.78 is 93.3. The van der Waals surface area contributed by atoms with E-state index in [-0.39, 0.29) is 37.4 Å². The highest BCUT2D eigenvalue weighted by atomic mass is 32.2. The summed E-state index contributed by atoms with van der Waals surface area (Å²) in [6.07, 6.45) is -5.88. The summed E-state index contributed by atoms with van der Waals surface area (Å²) in [6.45, 7) is 4.04. The number of hydrogen-bond acceptors (Lipinski definition) is 6. The van der Waals surface area contributed by atoms with Gasteiger partial charge in [-0.2, -0.15) is 13.2 Å². The van der Waals surface area contributed by atoms with Crippen LogP contribution >= 0.6 is 0 Å². The average Bonchev–Trinajstić information content (AvgIpc) is 3.43. The summed E-state index contributed by atoms with van der Waals surface area (Å²) in [6, 6.07) is 0.941. The van der Waals surface area contributed by atoms with Crippen LogP contribution in [0.3, 0.4) is 0 Å². The van der Waals surface area contributed by atoms with Crippen molar-refractivity contribution in [1.29, 1.82) is 0 Å². The number of sulfonamides is 1. The van der Waals surface area contributed by atoms with E-state index >= 15 is 0 Å². The smallest absolute Gasteiger partial charge is 0.417 e. The summed E-state index contributed by atoms with van der Waals surface area (Å²) in [4.78, 5) is 42.7. The van der Waals surface area contributed by atoms with E-state index in [0.717, 1.165) is 15.9 Å². The molecule has 0 spiro atoms. The lowest BCUT2D eigenvalue weighted by atomic mass is 9.95. The van der Waals surface area contributed by atoms with Crippen molar-refractivity contribution in [3.63, 3.8) is 0 Å². The number of aromatic nitrogens is 1. The molecule has 1 unspecified atom stereocenters. The predicted octanol–water partition coefficient (Wildman–Crippen LogP) is 3.37. The highest BCUT2D eigenvalue weighted by Gasteiger charge is 2.43. The Morgan fingerprint density at radius 2 is 1.74 bits per heavy atom. The summed E-state index contributed by atoms with van der Waals surface area (Å²) in [7, 11) is -4.67. The number of nitrogens with zero attached hydrogens (tertiary/aromatic N) is 3. The molecule has 2 aliphatic heterocycles. The number of primary sulfonamides is 1. The van der Waals surface area contributed by atoms with Gasteiger partial charge in [-0.3, -0.25) is 14.6 Å². The maximum Gasteiger partial charge on any atom is 0.417 e. The van der Waals surface area contributed by atoms with Crippen molar-refractivity contribution in [3.8, 4) is 0 Å². The van der Waals surface area contributed by atoms with Crippen LogP contribution in [-0.4, -0.2) is 71.9 Å². The quantitative estimate of drug-likeness (QED) is 0.337. The molecular formula is C26H26F5N5O6S. The zero-order valence-electron chi connectivity index (χ0n) is 22.9. The van der Waals surface area contributed by atoms with Crippen LogP contribution in [0.1, 0.15) is 42.4 Å². The van der Waals surface area contributed by atoms with Crippen LogP contribution < -0.4 is 10.5 Å². The number of hydrogen-bond donors (Lipinski definition) is 3. The molecule has 1 aromatic heterocycles. The van der Waals surface area contributed by atoms with Crippen molar-refractivity contribution in [2.75, 3.05) is 25.0 Å². The second-order valence-corrected chi connectivity index (χ2v) is 12.7. The van der Waals surface area contributed by atoms with E-state index in [1.165, 1.54) is 20.8 Å². The number of benzene rings is 1. The van der Waals surface area contributed by atoms with E-state index in [9.17, 15) is 49.9 Å². The van der Waals surface area contributed by atoms with Crippen LogP contribution in [0.4, 0.5) is 32.4 Å². The molecule has 17 heteroatoms. The number of nitrogens with one attached hydrogen (secondary N) is 1. The van der Waals surface area contributed by atoms with Crippen molar-refractivity contribution >= 4 is 33.6 Å². The Kier molecular flexibility index (Phi) is 8.03. The number of rotatable bonds is 5. The molecule has 0 radical (unpaired) electrons. The van der Waals surface area contributed by atoms with Crippen molar-refractivity contribution in [3.05, 3.63) is 64.0 Å². The minimum absolute atomic E-state index is 0.0906. The monoisotopic (exact) mass is 631 g/mol. The highest BCUT2D eigenvalue weighted by molar-refractivity contribution is 7.89. The molecule has 0 saturated carbocycles. The Labute approximate surface area is 242 Å². The first-order valence-electron chi connectivity index (χ1n) is 12.6. The lowest BCUT2D eigenvalue weighted by Gasteiger charge is -2.30. The van der Waals surface area contributed by atoms with Gasteiger partial charge in [0.1, 0.15) is 4.90 Å². The molecule has 1 atom stereocenters. The molecule has 11 nitrogen and oxygen atoms in total. The highest BCUT2D eigenvalue weighted by Crippen LogP contribution is 2.37. The summed E-state index contributed by atoms with van der Waals surface area (Å²) in [5.74, 6) is -5.41. The van der Waals surface area contributed by atoms with Gasteiger partial charge in [0.15, 0.2) is 11.6 Å². The van der Waals surface area contributed by atoms with Gasteiger partial charge in [-0.05, 0) is 29.3 Å². The SMILES string of the molecule is CC(C)(C)C(=O)Nc1cc(C(F)(F)F)cnc1CC1C2=C(CN(C(=O)O)C2)CN1C(=O)c1ccc(S(N)(=O)=O)c(F)c1F. The van der Waals surface area contributed by atoms with Crippen LogP contribution in [0.25, 0.3) is 0 Å². The molecule has 232 valence electrons. The summed E-state index contributed by atoms with van der Waals surface area (Å²) in [5.41, 5.74) is -2.58. The van der Waals surface area contributed by atoms with Crippen LogP contribution in [0.15, 0.2) is 40.4 Å². The third-order valence-corrected chi connectivity index (χ3v) is 7.99. The molecule has 0 bridgehead atoms. The van der Waals surface area contributed by atoms with Gasteiger partial charge >= 0.3 is 12.3 Å². The number of halogens is 5.